The number of esters is 1. The van der Waals surface area contributed by atoms with Gasteiger partial charge in [0.2, 0.25) is 0 Å². The summed E-state index contributed by atoms with van der Waals surface area (Å²) in [7, 11) is 0. The van der Waals surface area contributed by atoms with E-state index in [1.807, 2.05) is 0 Å². The number of alkyl halides is 2. The lowest BCUT2D eigenvalue weighted by Gasteiger charge is -2.09. The number of aromatic nitrogens is 1. The minimum absolute atomic E-state index is 0.0216. The Bertz CT molecular complexity index is 481. The van der Waals surface area contributed by atoms with Crippen LogP contribution in [0.4, 0.5) is 8.78 Å². The number of hydrogen-bond acceptors (Lipinski definition) is 4. The number of carbonyl (C=O) groups is 1. The highest BCUT2D eigenvalue weighted by molar-refractivity contribution is 5.89. The first kappa shape index (κ1) is 13.0. The van der Waals surface area contributed by atoms with Crippen LogP contribution in [0, 0.1) is 18.3 Å². The Balaban J connectivity index is 3.34. The zero-order valence-electron chi connectivity index (χ0n) is 9.33. The van der Waals surface area contributed by atoms with Crippen LogP contribution in [-0.4, -0.2) is 17.6 Å². The van der Waals surface area contributed by atoms with Gasteiger partial charge in [-0.25, -0.2) is 18.6 Å². The van der Waals surface area contributed by atoms with E-state index in [1.165, 1.54) is 6.92 Å². The summed E-state index contributed by atoms with van der Waals surface area (Å²) >= 11 is 0. The average molecular weight is 240 g/mol. The highest BCUT2D eigenvalue weighted by atomic mass is 19.3. The van der Waals surface area contributed by atoms with Crippen LogP contribution in [0.1, 0.15) is 40.7 Å². The summed E-state index contributed by atoms with van der Waals surface area (Å²) in [6.07, 6.45) is -2.88. The van der Waals surface area contributed by atoms with E-state index in [9.17, 15) is 13.6 Å². The normalized spacial score (nSPS) is 10.1. The van der Waals surface area contributed by atoms with Gasteiger partial charge in [-0.05, 0) is 19.9 Å². The molecule has 0 unspecified atom stereocenters. The molecule has 0 aliphatic rings. The number of nitriles is 1. The molecule has 0 amide bonds. The molecule has 0 saturated carbocycles. The van der Waals surface area contributed by atoms with Gasteiger partial charge < -0.3 is 4.74 Å². The summed E-state index contributed by atoms with van der Waals surface area (Å²) < 4.78 is 30.1. The van der Waals surface area contributed by atoms with Gasteiger partial charge in [0.05, 0.1) is 23.4 Å². The fourth-order valence-electron chi connectivity index (χ4n) is 1.26. The van der Waals surface area contributed by atoms with Crippen LogP contribution >= 0.6 is 0 Å². The second-order valence-corrected chi connectivity index (χ2v) is 3.19. The first-order valence-corrected chi connectivity index (χ1v) is 4.88. The molecular formula is C11H10F2N2O2. The molecule has 17 heavy (non-hydrogen) atoms. The number of aryl methyl sites for hydroxylation is 1. The van der Waals surface area contributed by atoms with E-state index in [4.69, 9.17) is 5.26 Å². The topological polar surface area (TPSA) is 63.0 Å². The van der Waals surface area contributed by atoms with Gasteiger partial charge >= 0.3 is 5.97 Å². The predicted octanol–water partition coefficient (Wildman–Crippen LogP) is 2.38. The Kier molecular flexibility index (Phi) is 4.10. The van der Waals surface area contributed by atoms with Gasteiger partial charge in [0, 0.05) is 0 Å². The number of carbonyl (C=O) groups excluding carboxylic acids is 1. The van der Waals surface area contributed by atoms with Crippen LogP contribution in [-0.2, 0) is 4.74 Å². The molecule has 0 fully saturated rings. The van der Waals surface area contributed by atoms with E-state index in [0.29, 0.717) is 0 Å². The lowest BCUT2D eigenvalue weighted by molar-refractivity contribution is 0.0507. The Hall–Kier alpha value is -2.03. The van der Waals surface area contributed by atoms with E-state index in [0.717, 1.165) is 6.07 Å². The summed E-state index contributed by atoms with van der Waals surface area (Å²) in [4.78, 5) is 15.1. The lowest BCUT2D eigenvalue weighted by atomic mass is 10.1. The fraction of sp³-hybridized carbons (Fsp3) is 0.364. The van der Waals surface area contributed by atoms with E-state index in [1.54, 1.807) is 13.0 Å². The smallest absolute Gasteiger partial charge is 0.357 e. The van der Waals surface area contributed by atoms with Crippen LogP contribution < -0.4 is 0 Å². The third kappa shape index (κ3) is 2.75. The van der Waals surface area contributed by atoms with Gasteiger partial charge in [0.25, 0.3) is 6.43 Å². The molecule has 0 aromatic carbocycles. The van der Waals surface area contributed by atoms with Crippen LogP contribution in [0.25, 0.3) is 0 Å². The molecule has 0 N–H and O–H groups in total. The molecule has 0 spiro atoms. The van der Waals surface area contributed by atoms with Crippen molar-refractivity contribution in [1.82, 2.24) is 4.98 Å². The van der Waals surface area contributed by atoms with Crippen LogP contribution in [0.5, 0.6) is 0 Å². The van der Waals surface area contributed by atoms with Gasteiger partial charge in [-0.1, -0.05) is 0 Å². The molecular weight excluding hydrogens is 230 g/mol. The summed E-state index contributed by atoms with van der Waals surface area (Å²) in [6.45, 7) is 3.11. The maximum atomic E-state index is 12.7. The Morgan fingerprint density at radius 2 is 2.29 bits per heavy atom. The molecule has 1 aromatic heterocycles. The number of ether oxygens (including phenoxy) is 1. The van der Waals surface area contributed by atoms with Gasteiger partial charge in [-0.2, -0.15) is 5.26 Å². The summed E-state index contributed by atoms with van der Waals surface area (Å²) in [6, 6.07) is 2.71. The van der Waals surface area contributed by atoms with Crippen LogP contribution in [0.2, 0.25) is 0 Å². The summed E-state index contributed by atoms with van der Waals surface area (Å²) in [5.41, 5.74) is -0.766. The molecule has 0 atom stereocenters. The Morgan fingerprint density at radius 1 is 1.65 bits per heavy atom. The first-order valence-electron chi connectivity index (χ1n) is 4.88. The van der Waals surface area contributed by atoms with Crippen molar-refractivity contribution in [3.05, 3.63) is 28.6 Å². The minimum Gasteiger partial charge on any atom is -0.461 e. The van der Waals surface area contributed by atoms with E-state index >= 15 is 0 Å². The van der Waals surface area contributed by atoms with Crippen molar-refractivity contribution in [3.63, 3.8) is 0 Å². The zero-order valence-corrected chi connectivity index (χ0v) is 9.33. The molecule has 90 valence electrons. The SMILES string of the molecule is CCOC(=O)c1nc(C)c(C#N)cc1C(F)F. The second-order valence-electron chi connectivity index (χ2n) is 3.19. The maximum Gasteiger partial charge on any atom is 0.357 e. The molecule has 1 aromatic rings. The molecule has 6 heteroatoms. The Labute approximate surface area is 96.8 Å². The lowest BCUT2D eigenvalue weighted by Crippen LogP contribution is -2.12. The van der Waals surface area contributed by atoms with Crippen LogP contribution in [0.3, 0.4) is 0 Å². The number of nitrogens with zero attached hydrogens (tertiary/aromatic N) is 2. The minimum atomic E-state index is -2.88. The largest absolute Gasteiger partial charge is 0.461 e. The summed E-state index contributed by atoms with van der Waals surface area (Å²) in [5, 5.41) is 8.71. The van der Waals surface area contributed by atoms with Crippen molar-refractivity contribution in [2.75, 3.05) is 6.61 Å². The quantitative estimate of drug-likeness (QED) is 0.761. The summed E-state index contributed by atoms with van der Waals surface area (Å²) in [5.74, 6) is -0.907. The molecule has 1 heterocycles. The molecule has 0 saturated heterocycles. The first-order chi connectivity index (χ1) is 8.01. The third-order valence-corrected chi connectivity index (χ3v) is 2.07. The Morgan fingerprint density at radius 3 is 2.76 bits per heavy atom. The van der Waals surface area contributed by atoms with E-state index in [2.05, 4.69) is 9.72 Å². The van der Waals surface area contributed by atoms with E-state index in [-0.39, 0.29) is 17.9 Å². The molecule has 4 nitrogen and oxygen atoms in total. The highest BCUT2D eigenvalue weighted by Gasteiger charge is 2.23. The number of halogens is 2. The molecule has 0 aliphatic heterocycles. The predicted molar refractivity (Wildman–Crippen MR) is 54.6 cm³/mol. The highest BCUT2D eigenvalue weighted by Crippen LogP contribution is 2.24. The number of rotatable bonds is 3. The van der Waals surface area contributed by atoms with Crippen molar-refractivity contribution in [2.24, 2.45) is 0 Å². The van der Waals surface area contributed by atoms with Crippen molar-refractivity contribution in [1.29, 1.82) is 5.26 Å². The second kappa shape index (κ2) is 5.34. The maximum absolute atomic E-state index is 12.7. The third-order valence-electron chi connectivity index (χ3n) is 2.07. The molecule has 0 aliphatic carbocycles. The monoisotopic (exact) mass is 240 g/mol. The number of hydrogen-bond donors (Lipinski definition) is 0. The van der Waals surface area contributed by atoms with Crippen molar-refractivity contribution < 1.29 is 18.3 Å². The van der Waals surface area contributed by atoms with Crippen molar-refractivity contribution in [2.45, 2.75) is 20.3 Å². The fourth-order valence-corrected chi connectivity index (χ4v) is 1.26. The molecule has 1 rings (SSSR count). The molecule has 0 bridgehead atoms. The molecule has 0 radical (unpaired) electrons. The number of pyridine rings is 1. The van der Waals surface area contributed by atoms with Gasteiger partial charge in [-0.3, -0.25) is 0 Å². The van der Waals surface area contributed by atoms with Gasteiger partial charge in [-0.15, -0.1) is 0 Å². The zero-order chi connectivity index (χ0) is 13.0. The van der Waals surface area contributed by atoms with Crippen molar-refractivity contribution >= 4 is 5.97 Å². The standard InChI is InChI=1S/C11H10F2N2O2/c1-3-17-11(16)9-8(10(12)13)4-7(5-14)6(2)15-9/h4,10H,3H2,1-2H3. The van der Waals surface area contributed by atoms with E-state index < -0.39 is 23.7 Å². The van der Waals surface area contributed by atoms with Crippen LogP contribution in [0.15, 0.2) is 6.07 Å². The van der Waals surface area contributed by atoms with Gasteiger partial charge in [0.1, 0.15) is 6.07 Å². The van der Waals surface area contributed by atoms with Gasteiger partial charge in [0.15, 0.2) is 5.69 Å². The van der Waals surface area contributed by atoms with Crippen molar-refractivity contribution in [3.8, 4) is 6.07 Å². The average Bonchev–Trinajstić information content (AvgIpc) is 2.28.